The van der Waals surface area contributed by atoms with Gasteiger partial charge in [-0.2, -0.15) is 10.2 Å². The Morgan fingerprint density at radius 3 is 2.54 bits per heavy atom. The van der Waals surface area contributed by atoms with Gasteiger partial charge in [0.15, 0.2) is 5.82 Å². The molecule has 10 nitrogen and oxygen atoms in total. The van der Waals surface area contributed by atoms with Gasteiger partial charge in [-0.15, -0.1) is 4.80 Å². The Morgan fingerprint density at radius 1 is 1.18 bits per heavy atom. The monoisotopic (exact) mass is 402 g/mol. The zero-order chi connectivity index (χ0) is 20.1. The highest BCUT2D eigenvalue weighted by Gasteiger charge is 2.17. The third kappa shape index (κ3) is 4.18. The SMILES string of the molecule is CNc1cncc(NC(=O)Nc2cnc(-n3nccn3)c(Cl)c2)c1C(C)OC. The maximum atomic E-state index is 12.5. The predicted octanol–water partition coefficient (Wildman–Crippen LogP) is 3.10. The Bertz CT molecular complexity index is 964. The molecule has 3 aromatic heterocycles. The molecule has 3 heterocycles. The van der Waals surface area contributed by atoms with E-state index >= 15 is 0 Å². The molecule has 3 N–H and O–H groups in total. The summed E-state index contributed by atoms with van der Waals surface area (Å²) >= 11 is 6.22. The second-order valence-corrected chi connectivity index (χ2v) is 6.11. The second-order valence-electron chi connectivity index (χ2n) is 5.70. The molecule has 1 unspecified atom stereocenters. The molecule has 0 fully saturated rings. The molecule has 2 amide bonds. The summed E-state index contributed by atoms with van der Waals surface area (Å²) in [7, 11) is 3.37. The van der Waals surface area contributed by atoms with E-state index in [-0.39, 0.29) is 6.10 Å². The number of urea groups is 1. The molecule has 146 valence electrons. The summed E-state index contributed by atoms with van der Waals surface area (Å²) in [5, 5.41) is 16.8. The van der Waals surface area contributed by atoms with Crippen molar-refractivity contribution < 1.29 is 9.53 Å². The van der Waals surface area contributed by atoms with Crippen LogP contribution in [0.25, 0.3) is 5.82 Å². The number of hydrogen-bond acceptors (Lipinski definition) is 7. The van der Waals surface area contributed by atoms with E-state index in [1.54, 1.807) is 32.6 Å². The molecule has 0 aliphatic carbocycles. The highest BCUT2D eigenvalue weighted by molar-refractivity contribution is 6.32. The van der Waals surface area contributed by atoms with Crippen LogP contribution in [0.4, 0.5) is 21.9 Å². The van der Waals surface area contributed by atoms with E-state index in [0.29, 0.717) is 22.2 Å². The molecule has 0 aliphatic heterocycles. The molecule has 0 saturated carbocycles. The molecule has 28 heavy (non-hydrogen) atoms. The second kappa shape index (κ2) is 8.63. The molecule has 0 saturated heterocycles. The maximum Gasteiger partial charge on any atom is 0.323 e. The molecule has 0 radical (unpaired) electrons. The van der Waals surface area contributed by atoms with Gasteiger partial charge in [0.1, 0.15) is 0 Å². The fourth-order valence-corrected chi connectivity index (χ4v) is 2.82. The minimum absolute atomic E-state index is 0.252. The van der Waals surface area contributed by atoms with E-state index in [2.05, 4.69) is 36.1 Å². The van der Waals surface area contributed by atoms with Crippen molar-refractivity contribution in [1.82, 2.24) is 25.0 Å². The normalized spacial score (nSPS) is 11.7. The van der Waals surface area contributed by atoms with Crippen molar-refractivity contribution in [2.75, 3.05) is 30.1 Å². The maximum absolute atomic E-state index is 12.5. The summed E-state index contributed by atoms with van der Waals surface area (Å²) in [5.41, 5.74) is 2.48. The van der Waals surface area contributed by atoms with Crippen LogP contribution in [0.3, 0.4) is 0 Å². The molecular formula is C17H19ClN8O2. The molecule has 3 aromatic rings. The number of pyridine rings is 2. The van der Waals surface area contributed by atoms with Gasteiger partial charge in [0, 0.05) is 19.7 Å². The average Bonchev–Trinajstić information content (AvgIpc) is 3.21. The number of carbonyl (C=O) groups is 1. The Morgan fingerprint density at radius 2 is 1.89 bits per heavy atom. The van der Waals surface area contributed by atoms with Gasteiger partial charge in [0.05, 0.1) is 59.2 Å². The first-order valence-electron chi connectivity index (χ1n) is 8.32. The summed E-state index contributed by atoms with van der Waals surface area (Å²) in [4.78, 5) is 22.1. The lowest BCUT2D eigenvalue weighted by atomic mass is 10.1. The third-order valence-corrected chi connectivity index (χ3v) is 4.23. The Kier molecular flexibility index (Phi) is 6.02. The van der Waals surface area contributed by atoms with Crippen molar-refractivity contribution >= 4 is 34.7 Å². The van der Waals surface area contributed by atoms with Gasteiger partial charge in [0.2, 0.25) is 0 Å². The average molecular weight is 403 g/mol. The lowest BCUT2D eigenvalue weighted by Gasteiger charge is -2.19. The molecule has 0 aromatic carbocycles. The molecule has 0 bridgehead atoms. The van der Waals surface area contributed by atoms with Gasteiger partial charge in [-0.05, 0) is 13.0 Å². The van der Waals surface area contributed by atoms with Crippen molar-refractivity contribution in [3.8, 4) is 5.82 Å². The number of halogens is 1. The molecule has 1 atom stereocenters. The first-order valence-corrected chi connectivity index (χ1v) is 8.70. The van der Waals surface area contributed by atoms with Crippen molar-refractivity contribution in [1.29, 1.82) is 0 Å². The Balaban J connectivity index is 1.77. The van der Waals surface area contributed by atoms with Crippen molar-refractivity contribution in [3.63, 3.8) is 0 Å². The quantitative estimate of drug-likeness (QED) is 0.579. The van der Waals surface area contributed by atoms with Crippen LogP contribution in [0.1, 0.15) is 18.6 Å². The lowest BCUT2D eigenvalue weighted by Crippen LogP contribution is -2.21. The molecular weight excluding hydrogens is 384 g/mol. The van der Waals surface area contributed by atoms with Crippen LogP contribution in [-0.4, -0.2) is 45.2 Å². The summed E-state index contributed by atoms with van der Waals surface area (Å²) in [6.45, 7) is 1.88. The first kappa shape index (κ1) is 19.5. The third-order valence-electron chi connectivity index (χ3n) is 3.95. The highest BCUT2D eigenvalue weighted by atomic mass is 35.5. The van der Waals surface area contributed by atoms with E-state index in [0.717, 1.165) is 11.3 Å². The van der Waals surface area contributed by atoms with Crippen LogP contribution in [0.5, 0.6) is 0 Å². The van der Waals surface area contributed by atoms with Gasteiger partial charge in [-0.25, -0.2) is 9.78 Å². The Labute approximate surface area is 166 Å². The molecule has 11 heteroatoms. The molecule has 3 rings (SSSR count). The summed E-state index contributed by atoms with van der Waals surface area (Å²) in [5.74, 6) is 0.361. The van der Waals surface area contributed by atoms with Gasteiger partial charge >= 0.3 is 6.03 Å². The van der Waals surface area contributed by atoms with E-state index < -0.39 is 6.03 Å². The molecule has 0 spiro atoms. The van der Waals surface area contributed by atoms with Crippen LogP contribution in [0.15, 0.2) is 37.1 Å². The fourth-order valence-electron chi connectivity index (χ4n) is 2.58. The molecule has 0 aliphatic rings. The number of hydrogen-bond donors (Lipinski definition) is 3. The van der Waals surface area contributed by atoms with E-state index in [1.165, 1.54) is 23.4 Å². The van der Waals surface area contributed by atoms with Crippen LogP contribution in [0, 0.1) is 0 Å². The van der Waals surface area contributed by atoms with Crippen molar-refractivity contribution in [2.45, 2.75) is 13.0 Å². The number of carbonyl (C=O) groups excluding carboxylic acids is 1. The number of methoxy groups -OCH3 is 1. The van der Waals surface area contributed by atoms with Crippen molar-refractivity contribution in [3.05, 3.63) is 47.6 Å². The lowest BCUT2D eigenvalue weighted by molar-refractivity contribution is 0.120. The van der Waals surface area contributed by atoms with Crippen LogP contribution in [0.2, 0.25) is 5.02 Å². The van der Waals surface area contributed by atoms with Crippen LogP contribution in [-0.2, 0) is 4.74 Å². The number of aromatic nitrogens is 5. The van der Waals surface area contributed by atoms with Crippen molar-refractivity contribution in [2.24, 2.45) is 0 Å². The number of nitrogens with one attached hydrogen (secondary N) is 3. The van der Waals surface area contributed by atoms with Gasteiger partial charge < -0.3 is 20.7 Å². The number of amides is 2. The summed E-state index contributed by atoms with van der Waals surface area (Å²) in [6.07, 6.45) is 7.47. The summed E-state index contributed by atoms with van der Waals surface area (Å²) in [6, 6.07) is 1.09. The Hall–Kier alpha value is -3.24. The number of nitrogens with zero attached hydrogens (tertiary/aromatic N) is 5. The van der Waals surface area contributed by atoms with Crippen LogP contribution >= 0.6 is 11.6 Å². The van der Waals surface area contributed by atoms with E-state index in [4.69, 9.17) is 16.3 Å². The summed E-state index contributed by atoms with van der Waals surface area (Å²) < 4.78 is 5.40. The van der Waals surface area contributed by atoms with Gasteiger partial charge in [-0.3, -0.25) is 4.98 Å². The zero-order valence-corrected chi connectivity index (χ0v) is 16.2. The topological polar surface area (TPSA) is 119 Å². The van der Waals surface area contributed by atoms with E-state index in [9.17, 15) is 4.79 Å². The number of anilines is 3. The van der Waals surface area contributed by atoms with Gasteiger partial charge in [0.25, 0.3) is 0 Å². The standard InChI is InChI=1S/C17H19ClN8O2/c1-10(28-3)15-13(19-2)8-20-9-14(15)25-17(27)24-11-6-12(18)16(21-7-11)26-22-4-5-23-26/h4-10,19H,1-3H3,(H2,24,25,27). The minimum atomic E-state index is -0.470. The predicted molar refractivity (Wildman–Crippen MR) is 106 cm³/mol. The number of rotatable bonds is 6. The van der Waals surface area contributed by atoms with Crippen LogP contribution < -0.4 is 16.0 Å². The largest absolute Gasteiger partial charge is 0.387 e. The number of ether oxygens (including phenoxy) is 1. The highest BCUT2D eigenvalue weighted by Crippen LogP contribution is 2.31. The smallest absolute Gasteiger partial charge is 0.323 e. The fraction of sp³-hybridized carbons (Fsp3) is 0.235. The van der Waals surface area contributed by atoms with Gasteiger partial charge in [-0.1, -0.05) is 11.6 Å². The van der Waals surface area contributed by atoms with E-state index in [1.807, 2.05) is 6.92 Å². The first-order chi connectivity index (χ1) is 13.5. The zero-order valence-electron chi connectivity index (χ0n) is 15.5. The minimum Gasteiger partial charge on any atom is -0.387 e.